The number of hydrogen-bond donors (Lipinski definition) is 2. The molecule has 1 unspecified atom stereocenters. The Morgan fingerprint density at radius 3 is 2.93 bits per heavy atom. The van der Waals surface area contributed by atoms with E-state index in [1.54, 1.807) is 6.92 Å². The molecule has 1 aliphatic heterocycles. The summed E-state index contributed by atoms with van der Waals surface area (Å²) >= 11 is 2.77. The quantitative estimate of drug-likeness (QED) is 0.168. The summed E-state index contributed by atoms with van der Waals surface area (Å²) in [5.74, 6) is -0.931. The molecule has 0 radical (unpaired) electrons. The maximum absolute atomic E-state index is 11.4. The molecular formula is C7H10AlIN2O3. The first kappa shape index (κ1) is 12.0. The summed E-state index contributed by atoms with van der Waals surface area (Å²) in [6.45, 7) is 2.00. The fourth-order valence-electron chi connectivity index (χ4n) is 1.06. The van der Waals surface area contributed by atoms with Gasteiger partial charge in [-0.25, -0.2) is 10.2 Å². The fourth-order valence-corrected chi connectivity index (χ4v) is 2.11. The van der Waals surface area contributed by atoms with Crippen molar-refractivity contribution >= 4 is 50.8 Å². The number of carbonyl (C=O) groups excluding carboxylic acids is 2. The predicted molar refractivity (Wildman–Crippen MR) is 61.3 cm³/mol. The molecular weight excluding hydrogens is 314 g/mol. The molecule has 1 amide bonds. The number of esters is 1. The van der Waals surface area contributed by atoms with Crippen LogP contribution in [-0.4, -0.2) is 38.8 Å². The SMILES string of the molecule is CCOC(=O)C1=[C]([AlH2])C(I)NNC1=O. The molecule has 2 N–H and O–H groups in total. The van der Waals surface area contributed by atoms with E-state index >= 15 is 0 Å². The summed E-state index contributed by atoms with van der Waals surface area (Å²) in [6, 6.07) is 0. The Morgan fingerprint density at radius 2 is 2.36 bits per heavy atom. The Bertz CT molecular complexity index is 305. The standard InChI is InChI=1S/C7H8IN2O3.Al.2H/c1-2-13-7(12)4-3-5(8)9-10-6(4)11;;;/h5,9H,2H2,1H3,(H,10,11);;;. The van der Waals surface area contributed by atoms with Crippen LogP contribution in [0.15, 0.2) is 10.0 Å². The summed E-state index contributed by atoms with van der Waals surface area (Å²) in [5.41, 5.74) is 5.35. The second-order valence-electron chi connectivity index (χ2n) is 2.74. The number of hydrogen-bond acceptors (Lipinski definition) is 4. The van der Waals surface area contributed by atoms with Gasteiger partial charge in [-0.15, -0.1) is 0 Å². The zero-order chi connectivity index (χ0) is 10.7. The van der Waals surface area contributed by atoms with Crippen molar-refractivity contribution in [3.8, 4) is 0 Å². The normalized spacial score (nSPS) is 21.9. The minimum atomic E-state index is -0.529. The molecule has 0 spiro atoms. The molecule has 1 aliphatic rings. The van der Waals surface area contributed by atoms with Crippen molar-refractivity contribution in [3.63, 3.8) is 0 Å². The first-order valence-electron chi connectivity index (χ1n) is 4.15. The minimum Gasteiger partial charge on any atom is -0.462 e. The van der Waals surface area contributed by atoms with E-state index in [-0.39, 0.29) is 16.2 Å². The van der Waals surface area contributed by atoms with Gasteiger partial charge in [-0.2, -0.15) is 0 Å². The van der Waals surface area contributed by atoms with Crippen LogP contribution < -0.4 is 10.9 Å². The average Bonchev–Trinajstić information content (AvgIpc) is 2.13. The maximum atomic E-state index is 11.4. The van der Waals surface area contributed by atoms with E-state index < -0.39 is 11.9 Å². The predicted octanol–water partition coefficient (Wildman–Crippen LogP) is -1.17. The van der Waals surface area contributed by atoms with E-state index in [0.717, 1.165) is 4.44 Å². The molecule has 1 heterocycles. The third kappa shape index (κ3) is 2.48. The molecule has 1 rings (SSSR count). The van der Waals surface area contributed by atoms with Gasteiger partial charge in [0.2, 0.25) is 0 Å². The van der Waals surface area contributed by atoms with Crippen LogP contribution in [0.3, 0.4) is 0 Å². The highest BCUT2D eigenvalue weighted by Gasteiger charge is 2.28. The largest absolute Gasteiger partial charge is 0.462 e. The van der Waals surface area contributed by atoms with Crippen LogP contribution in [0.25, 0.3) is 0 Å². The second-order valence-corrected chi connectivity index (χ2v) is 5.06. The summed E-state index contributed by atoms with van der Waals surface area (Å²) < 4.78 is 5.61. The van der Waals surface area contributed by atoms with E-state index in [9.17, 15) is 9.59 Å². The van der Waals surface area contributed by atoms with Gasteiger partial charge in [0.05, 0.1) is 10.7 Å². The van der Waals surface area contributed by atoms with E-state index in [1.807, 2.05) is 0 Å². The number of carbonyl (C=O) groups is 2. The van der Waals surface area contributed by atoms with E-state index in [4.69, 9.17) is 4.74 Å². The van der Waals surface area contributed by atoms with Crippen LogP contribution in [0.5, 0.6) is 0 Å². The second kappa shape index (κ2) is 5.12. The molecule has 0 bridgehead atoms. The van der Waals surface area contributed by atoms with Gasteiger partial charge in [-0.3, -0.25) is 10.2 Å². The first-order chi connectivity index (χ1) is 6.57. The molecule has 0 aromatic rings. The molecule has 0 aromatic carbocycles. The van der Waals surface area contributed by atoms with Crippen molar-refractivity contribution < 1.29 is 14.3 Å². The van der Waals surface area contributed by atoms with Crippen LogP contribution in [0, 0.1) is 0 Å². The van der Waals surface area contributed by atoms with Gasteiger partial charge in [0.25, 0.3) is 22.2 Å². The summed E-state index contributed by atoms with van der Waals surface area (Å²) in [5, 5.41) is 0. The van der Waals surface area contributed by atoms with E-state index in [0.29, 0.717) is 16.3 Å². The highest BCUT2D eigenvalue weighted by Crippen LogP contribution is 2.16. The molecule has 0 aliphatic carbocycles. The zero-order valence-electron chi connectivity index (χ0n) is 7.89. The van der Waals surface area contributed by atoms with Crippen molar-refractivity contribution in [1.82, 2.24) is 10.9 Å². The zero-order valence-corrected chi connectivity index (χ0v) is 12.0. The molecule has 5 nitrogen and oxygen atoms in total. The monoisotopic (exact) mass is 324 g/mol. The van der Waals surface area contributed by atoms with Gasteiger partial charge in [0.1, 0.15) is 5.57 Å². The average molecular weight is 324 g/mol. The number of ether oxygens (including phenoxy) is 1. The maximum Gasteiger partial charge on any atom is 0.342 e. The Balaban J connectivity index is 2.96. The number of alkyl halides is 1. The molecule has 7 heteroatoms. The van der Waals surface area contributed by atoms with Crippen molar-refractivity contribution in [2.24, 2.45) is 0 Å². The highest BCUT2D eigenvalue weighted by atomic mass is 127. The van der Waals surface area contributed by atoms with E-state index in [2.05, 4.69) is 33.4 Å². The molecule has 0 aromatic heterocycles. The summed E-state index contributed by atoms with van der Waals surface area (Å²) in [4.78, 5) is 22.8. The number of hydrazine groups is 1. The molecule has 14 heavy (non-hydrogen) atoms. The Kier molecular flexibility index (Phi) is 4.38. The van der Waals surface area contributed by atoms with E-state index in [1.165, 1.54) is 0 Å². The van der Waals surface area contributed by atoms with Crippen LogP contribution in [0.1, 0.15) is 6.92 Å². The first-order valence-corrected chi connectivity index (χ1v) is 6.40. The van der Waals surface area contributed by atoms with Gasteiger partial charge in [-0.05, 0) is 6.92 Å². The minimum absolute atomic E-state index is 0.0172. The lowest BCUT2D eigenvalue weighted by Crippen LogP contribution is -2.50. The van der Waals surface area contributed by atoms with Gasteiger partial charge < -0.3 is 4.74 Å². The van der Waals surface area contributed by atoms with Gasteiger partial charge in [0.15, 0.2) is 0 Å². The van der Waals surface area contributed by atoms with Crippen LogP contribution in [0.4, 0.5) is 0 Å². The molecule has 0 saturated carbocycles. The lowest BCUT2D eigenvalue weighted by Gasteiger charge is -2.23. The van der Waals surface area contributed by atoms with Crippen molar-refractivity contribution in [2.75, 3.05) is 6.61 Å². The highest BCUT2D eigenvalue weighted by molar-refractivity contribution is 14.1. The Hall–Kier alpha value is -0.0975. The number of rotatable bonds is 2. The van der Waals surface area contributed by atoms with Gasteiger partial charge >= 0.3 is 5.97 Å². The number of nitrogens with one attached hydrogen (secondary N) is 2. The van der Waals surface area contributed by atoms with Gasteiger partial charge in [-0.1, -0.05) is 27.0 Å². The van der Waals surface area contributed by atoms with Crippen LogP contribution >= 0.6 is 22.6 Å². The molecule has 0 saturated heterocycles. The topological polar surface area (TPSA) is 67.4 Å². The summed E-state index contributed by atoms with van der Waals surface area (Å²) in [7, 11) is 0. The van der Waals surface area contributed by atoms with Crippen molar-refractivity contribution in [3.05, 3.63) is 10.0 Å². The number of amides is 1. The molecule has 0 fully saturated rings. The lowest BCUT2D eigenvalue weighted by atomic mass is 10.2. The van der Waals surface area contributed by atoms with Gasteiger partial charge in [0, 0.05) is 0 Å². The summed E-state index contributed by atoms with van der Waals surface area (Å²) in [6.07, 6.45) is 0. The van der Waals surface area contributed by atoms with Crippen LogP contribution in [0.2, 0.25) is 0 Å². The number of halogens is 1. The van der Waals surface area contributed by atoms with Crippen molar-refractivity contribution in [2.45, 2.75) is 11.0 Å². The Morgan fingerprint density at radius 1 is 1.71 bits per heavy atom. The molecule has 76 valence electrons. The third-order valence-corrected chi connectivity index (χ3v) is 5.29. The van der Waals surface area contributed by atoms with Crippen molar-refractivity contribution in [1.29, 1.82) is 0 Å². The Labute approximate surface area is 103 Å². The smallest absolute Gasteiger partial charge is 0.342 e. The lowest BCUT2D eigenvalue weighted by molar-refractivity contribution is -0.140. The third-order valence-electron chi connectivity index (χ3n) is 1.79. The van der Waals surface area contributed by atoms with Crippen LogP contribution in [-0.2, 0) is 14.3 Å². The molecule has 1 atom stereocenters. The fraction of sp³-hybridized carbons (Fsp3) is 0.429.